The maximum atomic E-state index is 11.9. The Labute approximate surface area is 116 Å². The minimum Gasteiger partial charge on any atom is -0.465 e. The van der Waals surface area contributed by atoms with Crippen molar-refractivity contribution in [2.45, 2.75) is 12.8 Å². The van der Waals surface area contributed by atoms with Crippen LogP contribution in [0.5, 0.6) is 0 Å². The van der Waals surface area contributed by atoms with Gasteiger partial charge in [0.2, 0.25) is 0 Å². The lowest BCUT2D eigenvalue weighted by molar-refractivity contribution is 0.0558. The van der Waals surface area contributed by atoms with Crippen molar-refractivity contribution in [1.82, 2.24) is 4.90 Å². The van der Waals surface area contributed by atoms with Crippen molar-refractivity contribution in [1.29, 1.82) is 0 Å². The van der Waals surface area contributed by atoms with Crippen LogP contribution in [-0.4, -0.2) is 43.1 Å². The number of likely N-dealkylation sites (tertiary alicyclic amines) is 1. The molecule has 1 aromatic carbocycles. The van der Waals surface area contributed by atoms with Gasteiger partial charge in [0.05, 0.1) is 18.2 Å². The smallest absolute Gasteiger partial charge is 0.417 e. The van der Waals surface area contributed by atoms with E-state index in [1.165, 1.54) is 36.3 Å². The molecule has 0 aliphatic carbocycles. The number of rotatable bonds is 2. The van der Waals surface area contributed by atoms with Crippen molar-refractivity contribution in [3.8, 4) is 0 Å². The second-order valence-electron chi connectivity index (χ2n) is 4.42. The molecule has 1 saturated heterocycles. The second kappa shape index (κ2) is 6.18. The first-order valence-corrected chi connectivity index (χ1v) is 6.31. The summed E-state index contributed by atoms with van der Waals surface area (Å²) in [5, 5.41) is 0. The molecule has 1 heterocycles. The minimum absolute atomic E-state index is 0.139. The zero-order valence-corrected chi connectivity index (χ0v) is 11.1. The summed E-state index contributed by atoms with van der Waals surface area (Å²) in [4.78, 5) is 36.4. The van der Waals surface area contributed by atoms with E-state index >= 15 is 0 Å². The van der Waals surface area contributed by atoms with Gasteiger partial charge in [-0.1, -0.05) is 6.07 Å². The highest BCUT2D eigenvalue weighted by atomic mass is 16.6. The van der Waals surface area contributed by atoms with E-state index in [0.29, 0.717) is 13.1 Å². The van der Waals surface area contributed by atoms with Crippen LogP contribution >= 0.6 is 0 Å². The van der Waals surface area contributed by atoms with Gasteiger partial charge in [0.1, 0.15) is 0 Å². The monoisotopic (exact) mass is 277 g/mol. The Hall–Kier alpha value is -2.37. The average molecular weight is 277 g/mol. The zero-order valence-electron chi connectivity index (χ0n) is 11.1. The minimum atomic E-state index is -0.771. The molecule has 106 valence electrons. The predicted octanol–water partition coefficient (Wildman–Crippen LogP) is 1.85. The summed E-state index contributed by atoms with van der Waals surface area (Å²) < 4.78 is 9.35. The highest BCUT2D eigenvalue weighted by Crippen LogP contribution is 2.12. The van der Waals surface area contributed by atoms with Gasteiger partial charge < -0.3 is 14.4 Å². The Morgan fingerprint density at radius 3 is 2.25 bits per heavy atom. The molecule has 2 rings (SSSR count). The lowest BCUT2D eigenvalue weighted by Gasteiger charge is -2.13. The lowest BCUT2D eigenvalue weighted by atomic mass is 10.1. The Balaban J connectivity index is 2.05. The molecule has 1 fully saturated rings. The molecule has 0 aromatic heterocycles. The van der Waals surface area contributed by atoms with Crippen LogP contribution < -0.4 is 0 Å². The number of methoxy groups -OCH3 is 1. The molecule has 1 amide bonds. The third-order valence-corrected chi connectivity index (χ3v) is 3.06. The fourth-order valence-corrected chi connectivity index (χ4v) is 1.99. The van der Waals surface area contributed by atoms with Gasteiger partial charge in [0, 0.05) is 13.1 Å². The SMILES string of the molecule is COC(=O)c1cccc(C(=O)OC(=O)N2CCCC2)c1. The van der Waals surface area contributed by atoms with Crippen LogP contribution in [-0.2, 0) is 9.47 Å². The van der Waals surface area contributed by atoms with Crippen LogP contribution in [0.3, 0.4) is 0 Å². The topological polar surface area (TPSA) is 72.9 Å². The number of carbonyl (C=O) groups is 3. The van der Waals surface area contributed by atoms with E-state index < -0.39 is 18.0 Å². The summed E-state index contributed by atoms with van der Waals surface area (Å²) in [6, 6.07) is 5.87. The molecule has 0 spiro atoms. The summed E-state index contributed by atoms with van der Waals surface area (Å²) in [6.07, 6.45) is 1.19. The maximum absolute atomic E-state index is 11.9. The van der Waals surface area contributed by atoms with Crippen molar-refractivity contribution in [2.75, 3.05) is 20.2 Å². The average Bonchev–Trinajstić information content (AvgIpc) is 3.00. The number of esters is 2. The van der Waals surface area contributed by atoms with Gasteiger partial charge in [-0.25, -0.2) is 14.4 Å². The normalized spacial score (nSPS) is 13.9. The Kier molecular flexibility index (Phi) is 4.34. The van der Waals surface area contributed by atoms with Gasteiger partial charge in [0.15, 0.2) is 0 Å². The van der Waals surface area contributed by atoms with Crippen LogP contribution in [0.4, 0.5) is 4.79 Å². The van der Waals surface area contributed by atoms with Crippen LogP contribution in [0.15, 0.2) is 24.3 Å². The van der Waals surface area contributed by atoms with E-state index in [-0.39, 0.29) is 11.1 Å². The van der Waals surface area contributed by atoms with Crippen molar-refractivity contribution in [3.05, 3.63) is 35.4 Å². The standard InChI is InChI=1S/C14H15NO5/c1-19-12(16)10-5-4-6-11(9-10)13(17)20-14(18)15-7-2-3-8-15/h4-6,9H,2-3,7-8H2,1H3. The molecule has 0 radical (unpaired) electrons. The molecule has 1 aromatic rings. The van der Waals surface area contributed by atoms with Crippen molar-refractivity contribution >= 4 is 18.0 Å². The van der Waals surface area contributed by atoms with Crippen LogP contribution in [0.2, 0.25) is 0 Å². The van der Waals surface area contributed by atoms with Gasteiger partial charge in [-0.05, 0) is 31.0 Å². The molecule has 0 unspecified atom stereocenters. The molecule has 1 aliphatic heterocycles. The van der Waals surface area contributed by atoms with Crippen LogP contribution in [0.1, 0.15) is 33.6 Å². The highest BCUT2D eigenvalue weighted by Gasteiger charge is 2.23. The second-order valence-corrected chi connectivity index (χ2v) is 4.42. The molecule has 1 aliphatic rings. The number of carbonyl (C=O) groups excluding carboxylic acids is 3. The third kappa shape index (κ3) is 3.14. The molecule has 6 heteroatoms. The Bertz CT molecular complexity index is 534. The summed E-state index contributed by atoms with van der Waals surface area (Å²) in [5.74, 6) is -1.32. The van der Waals surface area contributed by atoms with E-state index in [9.17, 15) is 14.4 Å². The molecule has 0 bridgehead atoms. The molecule has 20 heavy (non-hydrogen) atoms. The molecular formula is C14H15NO5. The van der Waals surface area contributed by atoms with Crippen LogP contribution in [0.25, 0.3) is 0 Å². The summed E-state index contributed by atoms with van der Waals surface area (Å²) in [6.45, 7) is 1.21. The molecule has 0 saturated carbocycles. The highest BCUT2D eigenvalue weighted by molar-refractivity contribution is 5.99. The molecule has 0 N–H and O–H groups in total. The van der Waals surface area contributed by atoms with Crippen molar-refractivity contribution < 1.29 is 23.9 Å². The van der Waals surface area contributed by atoms with Crippen molar-refractivity contribution in [3.63, 3.8) is 0 Å². The summed E-state index contributed by atoms with van der Waals surface area (Å²) in [7, 11) is 1.25. The van der Waals surface area contributed by atoms with Crippen LogP contribution in [0, 0.1) is 0 Å². The van der Waals surface area contributed by atoms with Gasteiger partial charge in [-0.2, -0.15) is 0 Å². The molecular weight excluding hydrogens is 262 g/mol. The number of hydrogen-bond donors (Lipinski definition) is 0. The summed E-state index contributed by atoms with van der Waals surface area (Å²) >= 11 is 0. The third-order valence-electron chi connectivity index (χ3n) is 3.06. The van der Waals surface area contributed by atoms with E-state index in [2.05, 4.69) is 4.74 Å². The number of benzene rings is 1. The van der Waals surface area contributed by atoms with Gasteiger partial charge >= 0.3 is 18.0 Å². The van der Waals surface area contributed by atoms with E-state index in [4.69, 9.17) is 4.74 Å². The fourth-order valence-electron chi connectivity index (χ4n) is 1.99. The van der Waals surface area contributed by atoms with Gasteiger partial charge in [-0.3, -0.25) is 0 Å². The quantitative estimate of drug-likeness (QED) is 0.609. The van der Waals surface area contributed by atoms with Gasteiger partial charge in [-0.15, -0.1) is 0 Å². The number of nitrogens with zero attached hydrogens (tertiary/aromatic N) is 1. The first-order valence-electron chi connectivity index (χ1n) is 6.31. The molecule has 6 nitrogen and oxygen atoms in total. The van der Waals surface area contributed by atoms with E-state index in [0.717, 1.165) is 12.8 Å². The van der Waals surface area contributed by atoms with Crippen molar-refractivity contribution in [2.24, 2.45) is 0 Å². The lowest BCUT2D eigenvalue weighted by Crippen LogP contribution is -2.30. The first-order chi connectivity index (χ1) is 9.61. The number of amides is 1. The summed E-state index contributed by atoms with van der Waals surface area (Å²) in [5.41, 5.74) is 0.371. The fraction of sp³-hybridized carbons (Fsp3) is 0.357. The van der Waals surface area contributed by atoms with Gasteiger partial charge in [0.25, 0.3) is 0 Å². The zero-order chi connectivity index (χ0) is 14.5. The Morgan fingerprint density at radius 2 is 1.65 bits per heavy atom. The largest absolute Gasteiger partial charge is 0.465 e. The predicted molar refractivity (Wildman–Crippen MR) is 69.4 cm³/mol. The molecule has 0 atom stereocenters. The maximum Gasteiger partial charge on any atom is 0.417 e. The van der Waals surface area contributed by atoms with E-state index in [1.54, 1.807) is 0 Å². The van der Waals surface area contributed by atoms with E-state index in [1.807, 2.05) is 0 Å². The first kappa shape index (κ1) is 14.0. The Morgan fingerprint density at radius 1 is 1.05 bits per heavy atom. The number of ether oxygens (including phenoxy) is 2. The number of hydrogen-bond acceptors (Lipinski definition) is 5.